The molecule has 3 rings (SSSR count). The van der Waals surface area contributed by atoms with Crippen LogP contribution in [0.25, 0.3) is 16.9 Å². The number of hydrogen-bond acceptors (Lipinski definition) is 0. The molecule has 49 heavy (non-hydrogen) atoms. The Labute approximate surface area is 310 Å². The van der Waals surface area contributed by atoms with E-state index < -0.39 is 0 Å². The summed E-state index contributed by atoms with van der Waals surface area (Å²) in [6.45, 7) is 13.7. The molecule has 0 bridgehead atoms. The zero-order valence-electron chi connectivity index (χ0n) is 33.2. The Hall–Kier alpha value is -1.99. The second kappa shape index (κ2) is 25.9. The first-order chi connectivity index (χ1) is 23.9. The number of unbranched alkanes of at least 4 members (excludes halogenated alkanes) is 12. The molecular weight excluding hydrogens is 639 g/mol. The van der Waals surface area contributed by atoms with E-state index in [1.807, 2.05) is 0 Å². The number of rotatable bonds is 24. The van der Waals surface area contributed by atoms with Gasteiger partial charge in [0.2, 0.25) is 11.4 Å². The van der Waals surface area contributed by atoms with Crippen LogP contribution in [0, 0.1) is 0 Å². The molecule has 0 aliphatic carbocycles. The fourth-order valence-electron chi connectivity index (χ4n) is 7.21. The molecule has 1 aliphatic rings. The number of benzene rings is 2. The summed E-state index contributed by atoms with van der Waals surface area (Å²) in [7, 11) is 0. The van der Waals surface area contributed by atoms with Crippen LogP contribution in [-0.2, 0) is 40.1 Å². The molecule has 0 saturated heterocycles. The second-order valence-electron chi connectivity index (χ2n) is 14.3. The van der Waals surface area contributed by atoms with Crippen LogP contribution in [-0.4, -0.2) is 4.70 Å². The Morgan fingerprint density at radius 1 is 0.429 bits per heavy atom. The Morgan fingerprint density at radius 3 is 1.12 bits per heavy atom. The molecule has 3 heteroatoms. The van der Waals surface area contributed by atoms with Gasteiger partial charge in [0.05, 0.1) is 0 Å². The summed E-state index contributed by atoms with van der Waals surface area (Å²) in [5, 5.41) is 0. The normalized spacial score (nSPS) is 13.1. The van der Waals surface area contributed by atoms with Gasteiger partial charge in [0, 0.05) is 22.3 Å². The van der Waals surface area contributed by atoms with E-state index in [2.05, 4.69) is 89.7 Å². The van der Waals surface area contributed by atoms with Crippen LogP contribution in [0.4, 0.5) is 0 Å². The Balaban J connectivity index is 0.00000267. The number of allylic oxidation sites excluding steroid dienone is 2. The molecule has 2 nitrogen and oxygen atoms in total. The standard InChI is InChI=1S/C44H68N2.2CH3.Ni/c1-7-13-17-19-21-23-25-37-30-38(26-24-22-20-18-14-8-2)34-40(33-37)44-42(28-16-10-4)41(27-15-9-3)43(46(44)45)39-31-35(11-5)29-36(12-6)32-39;;;/h29-34H,7-28H2,1-6H3;2*1H3;. The summed E-state index contributed by atoms with van der Waals surface area (Å²) >= 11 is 1.62. The maximum absolute atomic E-state index is 12.3. The summed E-state index contributed by atoms with van der Waals surface area (Å²) in [4.78, 5) is 0. The van der Waals surface area contributed by atoms with Gasteiger partial charge in [-0.15, -0.1) is 0 Å². The SMILES string of the molecule is CCCCCCCCc1cc(CCCCCCCC)cc(C2=C(CCCC)C(CCCC)=C(c3cc(CC)cc(CC)c3)[N+]2=[N-])c1.[CH3][Ni][CH3]. The zero-order chi connectivity index (χ0) is 35.9. The van der Waals surface area contributed by atoms with Crippen molar-refractivity contribution in [1.82, 2.24) is 0 Å². The molecule has 0 radical (unpaired) electrons. The molecule has 1 heterocycles. The van der Waals surface area contributed by atoms with E-state index in [9.17, 15) is 5.53 Å². The van der Waals surface area contributed by atoms with Crippen molar-refractivity contribution in [3.05, 3.63) is 86.5 Å². The minimum absolute atomic E-state index is 1.01. The molecular formula is C46H74N2Ni. The van der Waals surface area contributed by atoms with E-state index >= 15 is 0 Å². The third kappa shape index (κ3) is 14.6. The third-order valence-electron chi connectivity index (χ3n) is 10.0. The van der Waals surface area contributed by atoms with Crippen LogP contribution in [0.3, 0.4) is 0 Å². The predicted molar refractivity (Wildman–Crippen MR) is 214 cm³/mol. The summed E-state index contributed by atoms with van der Waals surface area (Å²) < 4.78 is 1.63. The maximum atomic E-state index is 12.3. The quantitative estimate of drug-likeness (QED) is 0.0588. The fourth-order valence-corrected chi connectivity index (χ4v) is 7.21. The number of aryl methyl sites for hydroxylation is 4. The van der Waals surface area contributed by atoms with Gasteiger partial charge >= 0.3 is 26.2 Å². The van der Waals surface area contributed by atoms with Crippen LogP contribution in [0.15, 0.2) is 47.5 Å². The van der Waals surface area contributed by atoms with Crippen LogP contribution in [0.1, 0.15) is 190 Å². The molecule has 1 aliphatic heterocycles. The van der Waals surface area contributed by atoms with Crippen LogP contribution in [0.5, 0.6) is 0 Å². The molecule has 2 aromatic rings. The van der Waals surface area contributed by atoms with Crippen LogP contribution in [0.2, 0.25) is 11.8 Å². The average molecular weight is 714 g/mol. The molecule has 0 N–H and O–H groups in total. The van der Waals surface area contributed by atoms with Gasteiger partial charge in [-0.25, -0.2) is 4.70 Å². The Bertz CT molecular complexity index is 1240. The monoisotopic (exact) mass is 713 g/mol. The fraction of sp³-hybridized carbons (Fsp3) is 0.652. The van der Waals surface area contributed by atoms with Crippen molar-refractivity contribution in [2.24, 2.45) is 0 Å². The van der Waals surface area contributed by atoms with Crippen molar-refractivity contribution in [3.63, 3.8) is 0 Å². The number of nitrogens with zero attached hydrogens (tertiary/aromatic N) is 2. The van der Waals surface area contributed by atoms with Crippen molar-refractivity contribution in [2.45, 2.75) is 195 Å². The zero-order valence-corrected chi connectivity index (χ0v) is 34.2. The molecule has 0 atom stereocenters. The molecule has 2 aromatic carbocycles. The topological polar surface area (TPSA) is 25.3 Å². The Kier molecular flexibility index (Phi) is 22.8. The first-order valence-electron chi connectivity index (χ1n) is 20.4. The molecule has 0 saturated carbocycles. The second-order valence-corrected chi connectivity index (χ2v) is 15.3. The van der Waals surface area contributed by atoms with Gasteiger partial charge in [-0.2, -0.15) is 0 Å². The van der Waals surface area contributed by atoms with Gasteiger partial charge < -0.3 is 5.53 Å². The number of hydrogen-bond donors (Lipinski definition) is 0. The average Bonchev–Trinajstić information content (AvgIpc) is 3.39. The van der Waals surface area contributed by atoms with Gasteiger partial charge in [-0.1, -0.05) is 131 Å². The summed E-state index contributed by atoms with van der Waals surface area (Å²) in [5.74, 6) is 4.12. The van der Waals surface area contributed by atoms with Gasteiger partial charge in [0.25, 0.3) is 0 Å². The van der Waals surface area contributed by atoms with Crippen LogP contribution >= 0.6 is 0 Å². The van der Waals surface area contributed by atoms with Crippen molar-refractivity contribution in [1.29, 1.82) is 0 Å². The predicted octanol–water partition coefficient (Wildman–Crippen LogP) is 15.3. The van der Waals surface area contributed by atoms with E-state index in [1.54, 1.807) is 19.1 Å². The first kappa shape index (κ1) is 43.2. The summed E-state index contributed by atoms with van der Waals surface area (Å²) in [6.07, 6.45) is 26.8. The van der Waals surface area contributed by atoms with E-state index in [1.165, 1.54) is 122 Å². The third-order valence-corrected chi connectivity index (χ3v) is 10.0. The van der Waals surface area contributed by atoms with Crippen molar-refractivity contribution >= 4 is 11.4 Å². The van der Waals surface area contributed by atoms with Gasteiger partial charge in [0.15, 0.2) is 0 Å². The van der Waals surface area contributed by atoms with Crippen molar-refractivity contribution in [2.75, 3.05) is 0 Å². The molecule has 0 aromatic heterocycles. The van der Waals surface area contributed by atoms with Crippen molar-refractivity contribution in [3.8, 4) is 0 Å². The van der Waals surface area contributed by atoms with Gasteiger partial charge in [-0.3, -0.25) is 0 Å². The van der Waals surface area contributed by atoms with E-state index in [0.717, 1.165) is 75.6 Å². The molecule has 0 amide bonds. The Morgan fingerprint density at radius 2 is 0.755 bits per heavy atom. The molecule has 0 spiro atoms. The van der Waals surface area contributed by atoms with Crippen molar-refractivity contribution < 1.29 is 19.1 Å². The molecule has 278 valence electrons. The van der Waals surface area contributed by atoms with Gasteiger partial charge in [-0.05, 0) is 111 Å². The first-order valence-corrected chi connectivity index (χ1v) is 22.3. The summed E-state index contributed by atoms with van der Waals surface area (Å²) in [5.41, 5.74) is 25.2. The van der Waals surface area contributed by atoms with E-state index in [0.29, 0.717) is 0 Å². The minimum atomic E-state index is 1.01. The van der Waals surface area contributed by atoms with Gasteiger partial charge in [0.1, 0.15) is 0 Å². The summed E-state index contributed by atoms with van der Waals surface area (Å²) in [6, 6.07) is 14.4. The molecule has 0 fully saturated rings. The van der Waals surface area contributed by atoms with Crippen LogP contribution < -0.4 is 0 Å². The van der Waals surface area contributed by atoms with E-state index in [4.69, 9.17) is 0 Å². The van der Waals surface area contributed by atoms with E-state index in [-0.39, 0.29) is 0 Å². The molecule has 0 unspecified atom stereocenters.